The highest BCUT2D eigenvalue weighted by atomic mass is 32.1. The van der Waals surface area contributed by atoms with Crippen LogP contribution in [0, 0.1) is 11.6 Å². The molecule has 0 aliphatic heterocycles. The van der Waals surface area contributed by atoms with Gasteiger partial charge in [-0.2, -0.15) is 0 Å². The number of aryl methyl sites for hydroxylation is 1. The molecule has 1 aromatic heterocycles. The molecule has 19 heavy (non-hydrogen) atoms. The van der Waals surface area contributed by atoms with E-state index in [1.807, 2.05) is 13.1 Å². The molecule has 0 saturated carbocycles. The molecule has 0 saturated heterocycles. The molecule has 1 N–H and O–H groups in total. The van der Waals surface area contributed by atoms with E-state index in [0.29, 0.717) is 0 Å². The summed E-state index contributed by atoms with van der Waals surface area (Å²) >= 11 is 1.75. The van der Waals surface area contributed by atoms with Gasteiger partial charge in [0.15, 0.2) is 11.6 Å². The van der Waals surface area contributed by atoms with Crippen molar-refractivity contribution in [3.63, 3.8) is 0 Å². The van der Waals surface area contributed by atoms with Crippen LogP contribution in [0.1, 0.15) is 29.3 Å². The third-order valence-electron chi connectivity index (χ3n) is 3.19. The number of nitrogens with one attached hydrogen (secondary N) is 1. The van der Waals surface area contributed by atoms with Crippen molar-refractivity contribution in [2.24, 2.45) is 0 Å². The molecule has 0 bridgehead atoms. The van der Waals surface area contributed by atoms with Gasteiger partial charge >= 0.3 is 0 Å². The monoisotopic (exact) mass is 281 g/mol. The third kappa shape index (κ3) is 3.85. The van der Waals surface area contributed by atoms with Crippen molar-refractivity contribution >= 4 is 11.3 Å². The summed E-state index contributed by atoms with van der Waals surface area (Å²) in [6.07, 6.45) is 2.95. The van der Waals surface area contributed by atoms with Crippen LogP contribution in [0.2, 0.25) is 0 Å². The second-order valence-electron chi connectivity index (χ2n) is 4.49. The number of thiophene rings is 1. The van der Waals surface area contributed by atoms with E-state index >= 15 is 0 Å². The maximum absolute atomic E-state index is 13.2. The van der Waals surface area contributed by atoms with Gasteiger partial charge in [-0.25, -0.2) is 8.78 Å². The van der Waals surface area contributed by atoms with E-state index in [-0.39, 0.29) is 6.04 Å². The minimum atomic E-state index is -0.794. The van der Waals surface area contributed by atoms with Gasteiger partial charge in [0.25, 0.3) is 0 Å². The lowest BCUT2D eigenvalue weighted by Crippen LogP contribution is -2.16. The SMILES string of the molecule is CNC(CCCc1cccs1)c1ccc(F)c(F)c1. The second kappa shape index (κ2) is 6.78. The second-order valence-corrected chi connectivity index (χ2v) is 5.52. The van der Waals surface area contributed by atoms with Gasteiger partial charge < -0.3 is 5.32 Å². The van der Waals surface area contributed by atoms with Crippen LogP contribution in [0.5, 0.6) is 0 Å². The Morgan fingerprint density at radius 1 is 1.21 bits per heavy atom. The average Bonchev–Trinajstić information content (AvgIpc) is 2.91. The van der Waals surface area contributed by atoms with Crippen molar-refractivity contribution in [2.45, 2.75) is 25.3 Å². The first kappa shape index (κ1) is 14.2. The minimum Gasteiger partial charge on any atom is -0.313 e. The molecule has 1 atom stereocenters. The smallest absolute Gasteiger partial charge is 0.159 e. The molecule has 1 nitrogen and oxygen atoms in total. The predicted molar refractivity (Wildman–Crippen MR) is 75.4 cm³/mol. The van der Waals surface area contributed by atoms with E-state index in [1.165, 1.54) is 17.0 Å². The Morgan fingerprint density at radius 2 is 2.05 bits per heavy atom. The molecule has 0 spiro atoms. The van der Waals surface area contributed by atoms with Crippen molar-refractivity contribution in [3.05, 3.63) is 57.8 Å². The summed E-state index contributed by atoms with van der Waals surface area (Å²) in [5.41, 5.74) is 0.799. The fraction of sp³-hybridized carbons (Fsp3) is 0.333. The normalized spacial score (nSPS) is 12.6. The molecule has 1 aromatic carbocycles. The average molecular weight is 281 g/mol. The van der Waals surface area contributed by atoms with Crippen LogP contribution in [-0.4, -0.2) is 7.05 Å². The van der Waals surface area contributed by atoms with Crippen molar-refractivity contribution < 1.29 is 8.78 Å². The molecule has 2 rings (SSSR count). The third-order valence-corrected chi connectivity index (χ3v) is 4.13. The number of halogens is 2. The quantitative estimate of drug-likeness (QED) is 0.832. The van der Waals surface area contributed by atoms with Gasteiger partial charge in [-0.05, 0) is 55.5 Å². The largest absolute Gasteiger partial charge is 0.313 e. The number of benzene rings is 1. The summed E-state index contributed by atoms with van der Waals surface area (Å²) in [6.45, 7) is 0. The lowest BCUT2D eigenvalue weighted by atomic mass is 10.0. The van der Waals surface area contributed by atoms with E-state index in [0.717, 1.165) is 24.8 Å². The minimum absolute atomic E-state index is 0.0649. The molecule has 2 aromatic rings. The van der Waals surface area contributed by atoms with Crippen LogP contribution in [0.4, 0.5) is 8.78 Å². The molecule has 0 radical (unpaired) electrons. The Morgan fingerprint density at radius 3 is 2.68 bits per heavy atom. The van der Waals surface area contributed by atoms with Gasteiger partial charge in [-0.1, -0.05) is 12.1 Å². The first-order valence-corrected chi connectivity index (χ1v) is 7.23. The van der Waals surface area contributed by atoms with Gasteiger partial charge in [0.05, 0.1) is 0 Å². The standard InChI is InChI=1S/C15H17F2NS/c1-18-15(6-2-4-12-5-3-9-19-12)11-7-8-13(16)14(17)10-11/h3,5,7-10,15,18H,2,4,6H2,1H3. The van der Waals surface area contributed by atoms with Gasteiger partial charge in [0, 0.05) is 10.9 Å². The summed E-state index contributed by atoms with van der Waals surface area (Å²) in [7, 11) is 1.84. The number of hydrogen-bond acceptors (Lipinski definition) is 2. The van der Waals surface area contributed by atoms with Gasteiger partial charge in [-0.15, -0.1) is 11.3 Å². The highest BCUT2D eigenvalue weighted by molar-refractivity contribution is 7.09. The van der Waals surface area contributed by atoms with Crippen LogP contribution in [0.15, 0.2) is 35.7 Å². The molecule has 0 aliphatic carbocycles. The van der Waals surface area contributed by atoms with Crippen molar-refractivity contribution in [1.82, 2.24) is 5.32 Å². The van der Waals surface area contributed by atoms with Gasteiger partial charge in [-0.3, -0.25) is 0 Å². The molecule has 102 valence electrons. The fourth-order valence-electron chi connectivity index (χ4n) is 2.14. The molecule has 0 fully saturated rings. The van der Waals surface area contributed by atoms with E-state index < -0.39 is 11.6 Å². The van der Waals surface area contributed by atoms with E-state index in [1.54, 1.807) is 17.4 Å². The zero-order chi connectivity index (χ0) is 13.7. The molecule has 0 amide bonds. The van der Waals surface area contributed by atoms with E-state index in [2.05, 4.69) is 16.8 Å². The van der Waals surface area contributed by atoms with Crippen LogP contribution >= 0.6 is 11.3 Å². The summed E-state index contributed by atoms with van der Waals surface area (Å²) < 4.78 is 26.1. The Bertz CT molecular complexity index is 511. The Balaban J connectivity index is 1.93. The highest BCUT2D eigenvalue weighted by Gasteiger charge is 2.11. The molecule has 4 heteroatoms. The summed E-state index contributed by atoms with van der Waals surface area (Å²) in [5, 5.41) is 5.23. The molecular formula is C15H17F2NS. The lowest BCUT2D eigenvalue weighted by molar-refractivity contribution is 0.492. The van der Waals surface area contributed by atoms with Gasteiger partial charge in [0.2, 0.25) is 0 Å². The fourth-order valence-corrected chi connectivity index (χ4v) is 2.89. The summed E-state index contributed by atoms with van der Waals surface area (Å²) in [5.74, 6) is -1.58. The van der Waals surface area contributed by atoms with Crippen LogP contribution in [-0.2, 0) is 6.42 Å². The Labute approximate surface area is 116 Å². The molecule has 0 aliphatic rings. The maximum atomic E-state index is 13.2. The number of rotatable bonds is 6. The molecular weight excluding hydrogens is 264 g/mol. The summed E-state index contributed by atoms with van der Waals surface area (Å²) in [6, 6.07) is 8.34. The lowest BCUT2D eigenvalue weighted by Gasteiger charge is -2.16. The zero-order valence-corrected chi connectivity index (χ0v) is 11.6. The van der Waals surface area contributed by atoms with E-state index in [9.17, 15) is 8.78 Å². The Kier molecular flexibility index (Phi) is 5.05. The predicted octanol–water partition coefficient (Wildman–Crippen LogP) is 4.31. The van der Waals surface area contributed by atoms with Crippen LogP contribution < -0.4 is 5.32 Å². The van der Waals surface area contributed by atoms with Crippen molar-refractivity contribution in [2.75, 3.05) is 7.05 Å². The topological polar surface area (TPSA) is 12.0 Å². The van der Waals surface area contributed by atoms with Crippen LogP contribution in [0.25, 0.3) is 0 Å². The Hall–Kier alpha value is -1.26. The molecule has 1 unspecified atom stereocenters. The number of hydrogen-bond donors (Lipinski definition) is 1. The zero-order valence-electron chi connectivity index (χ0n) is 10.8. The highest BCUT2D eigenvalue weighted by Crippen LogP contribution is 2.22. The van der Waals surface area contributed by atoms with Crippen molar-refractivity contribution in [1.29, 1.82) is 0 Å². The first-order valence-electron chi connectivity index (χ1n) is 6.35. The van der Waals surface area contributed by atoms with Gasteiger partial charge in [0.1, 0.15) is 0 Å². The molecule has 1 heterocycles. The van der Waals surface area contributed by atoms with Crippen molar-refractivity contribution in [3.8, 4) is 0 Å². The van der Waals surface area contributed by atoms with E-state index in [4.69, 9.17) is 0 Å². The van der Waals surface area contributed by atoms with Crippen LogP contribution in [0.3, 0.4) is 0 Å². The maximum Gasteiger partial charge on any atom is 0.159 e. The summed E-state index contributed by atoms with van der Waals surface area (Å²) in [4.78, 5) is 1.36. The first-order chi connectivity index (χ1) is 9.20.